The van der Waals surface area contributed by atoms with Crippen molar-refractivity contribution in [3.63, 3.8) is 0 Å². The Bertz CT molecular complexity index is 1330. The first-order chi connectivity index (χ1) is 20.3. The van der Waals surface area contributed by atoms with Gasteiger partial charge in [0.2, 0.25) is 0 Å². The van der Waals surface area contributed by atoms with Crippen LogP contribution in [0.2, 0.25) is 0 Å². The predicted octanol–water partition coefficient (Wildman–Crippen LogP) is 8.95. The van der Waals surface area contributed by atoms with Crippen LogP contribution in [0.1, 0.15) is 119 Å². The van der Waals surface area contributed by atoms with E-state index in [2.05, 4.69) is 114 Å². The van der Waals surface area contributed by atoms with E-state index in [0.29, 0.717) is 24.5 Å². The van der Waals surface area contributed by atoms with Crippen molar-refractivity contribution in [3.05, 3.63) is 46.5 Å². The maximum atomic E-state index is 11.9. The number of ether oxygens (including phenoxy) is 1. The van der Waals surface area contributed by atoms with Gasteiger partial charge in [0.1, 0.15) is 17.8 Å². The van der Waals surface area contributed by atoms with Gasteiger partial charge in [-0.1, -0.05) is 76.2 Å². The van der Waals surface area contributed by atoms with Crippen LogP contribution in [0.5, 0.6) is 11.5 Å². The highest BCUT2D eigenvalue weighted by molar-refractivity contribution is 8.18. The monoisotopic (exact) mass is 659 g/mol. The summed E-state index contributed by atoms with van der Waals surface area (Å²) in [7, 11) is 1.34. The van der Waals surface area contributed by atoms with Crippen molar-refractivity contribution in [2.24, 2.45) is 0 Å². The molecule has 45 heavy (non-hydrogen) atoms. The number of nitrogens with zero attached hydrogens (tertiary/aromatic N) is 1. The molecule has 0 aliphatic heterocycles. The van der Waals surface area contributed by atoms with Gasteiger partial charge in [-0.2, -0.15) is 0 Å². The van der Waals surface area contributed by atoms with Gasteiger partial charge in [-0.05, 0) is 66.2 Å². The molecule has 2 N–H and O–H groups in total. The third kappa shape index (κ3) is 10.7. The molecule has 0 fully saturated rings. The highest BCUT2D eigenvalue weighted by Gasteiger charge is 2.33. The summed E-state index contributed by atoms with van der Waals surface area (Å²) < 4.78 is 4.54. The molecule has 0 radical (unpaired) electrons. The highest BCUT2D eigenvalue weighted by atomic mass is 32.2. The number of carbonyl (C=O) groups excluding carboxylic acids is 2. The van der Waals surface area contributed by atoms with E-state index >= 15 is 0 Å². The zero-order chi connectivity index (χ0) is 34.8. The summed E-state index contributed by atoms with van der Waals surface area (Å²) in [4.78, 5) is 27.2. The van der Waals surface area contributed by atoms with Crippen LogP contribution in [0.25, 0.3) is 0 Å². The van der Waals surface area contributed by atoms with Gasteiger partial charge in [-0.25, -0.2) is 0 Å². The fourth-order valence-electron chi connectivity index (χ4n) is 5.31. The molecule has 0 spiro atoms. The van der Waals surface area contributed by atoms with Crippen molar-refractivity contribution in [2.75, 3.05) is 26.7 Å². The average Bonchev–Trinajstić information content (AvgIpc) is 2.86. The Balaban J connectivity index is 2.54. The fourth-order valence-corrected chi connectivity index (χ4v) is 7.90. The quantitative estimate of drug-likeness (QED) is 0.101. The van der Waals surface area contributed by atoms with Gasteiger partial charge >= 0.3 is 5.97 Å². The molecule has 2 aromatic carbocycles. The number of thioether (sulfide) groups is 2. The van der Waals surface area contributed by atoms with E-state index in [-0.39, 0.29) is 39.4 Å². The number of esters is 1. The topological polar surface area (TPSA) is 87.1 Å². The second-order valence-electron chi connectivity index (χ2n) is 16.2. The van der Waals surface area contributed by atoms with Crippen molar-refractivity contribution in [3.8, 4) is 11.5 Å². The Kier molecular flexibility index (Phi) is 12.4. The third-order valence-electron chi connectivity index (χ3n) is 8.01. The summed E-state index contributed by atoms with van der Waals surface area (Å²) in [6, 6.07) is 8.46. The number of hydrogen-bond acceptors (Lipinski definition) is 8. The Morgan fingerprint density at radius 1 is 0.733 bits per heavy atom. The van der Waals surface area contributed by atoms with E-state index in [1.165, 1.54) is 7.11 Å². The second-order valence-corrected chi connectivity index (χ2v) is 19.9. The number of rotatable bonds is 12. The molecule has 0 saturated carbocycles. The molecule has 2 aromatic rings. The van der Waals surface area contributed by atoms with Crippen LogP contribution in [-0.4, -0.2) is 58.2 Å². The van der Waals surface area contributed by atoms with Gasteiger partial charge in [0.15, 0.2) is 0 Å². The summed E-state index contributed by atoms with van der Waals surface area (Å²) in [5.74, 6) is 0.284. The van der Waals surface area contributed by atoms with Crippen LogP contribution in [0.15, 0.2) is 34.1 Å². The normalized spacial score (nSPS) is 13.3. The summed E-state index contributed by atoms with van der Waals surface area (Å²) in [5, 5.41) is 22.9. The van der Waals surface area contributed by atoms with Gasteiger partial charge in [-0.3, -0.25) is 9.69 Å². The number of phenolic OH excluding ortho intramolecular Hbond substituents is 2. The van der Waals surface area contributed by atoms with Crippen molar-refractivity contribution in [2.45, 2.75) is 132 Å². The minimum absolute atomic E-state index is 0.0387. The van der Waals surface area contributed by atoms with E-state index in [4.69, 9.17) is 4.74 Å². The Labute approximate surface area is 281 Å². The molecular formula is C37H57NO5S2. The van der Waals surface area contributed by atoms with Crippen molar-refractivity contribution >= 4 is 35.8 Å². The minimum Gasteiger partial charge on any atom is -0.507 e. The number of hydrogen-bond donors (Lipinski definition) is 2. The minimum atomic E-state index is -0.449. The van der Waals surface area contributed by atoms with Crippen LogP contribution in [0.3, 0.4) is 0 Å². The molecule has 6 nitrogen and oxygen atoms in total. The Morgan fingerprint density at radius 3 is 1.47 bits per heavy atom. The molecule has 252 valence electrons. The number of methoxy groups -OCH3 is 1. The van der Waals surface area contributed by atoms with Gasteiger partial charge in [0, 0.05) is 38.6 Å². The molecule has 8 heteroatoms. The van der Waals surface area contributed by atoms with Gasteiger partial charge in [0.05, 0.1) is 24.3 Å². The van der Waals surface area contributed by atoms with E-state index in [1.807, 2.05) is 0 Å². The van der Waals surface area contributed by atoms with Crippen molar-refractivity contribution < 1.29 is 24.5 Å². The maximum Gasteiger partial charge on any atom is 0.319 e. The molecule has 0 saturated heterocycles. The van der Waals surface area contributed by atoms with Crippen LogP contribution in [0, 0.1) is 0 Å². The van der Waals surface area contributed by atoms with Crippen LogP contribution in [0.4, 0.5) is 0 Å². The number of aromatic hydroxyl groups is 2. The van der Waals surface area contributed by atoms with E-state index < -0.39 is 5.41 Å². The van der Waals surface area contributed by atoms with Crippen molar-refractivity contribution in [1.29, 1.82) is 0 Å². The van der Waals surface area contributed by atoms with Crippen LogP contribution < -0.4 is 0 Å². The summed E-state index contributed by atoms with van der Waals surface area (Å²) in [5.41, 5.74) is 2.44. The van der Waals surface area contributed by atoms with E-state index in [1.54, 1.807) is 28.4 Å². The summed E-state index contributed by atoms with van der Waals surface area (Å²) in [6.07, 6.45) is 1.42. The lowest BCUT2D eigenvalue weighted by molar-refractivity contribution is -0.142. The average molecular weight is 660 g/mol. The number of benzene rings is 2. The standard InChI is InChI=1S/C37H57NO5S2/c1-33(2,3)26-19-24(20-27(31(26)41)34(4,5)6)44-37(12,13)45-25-21-28(35(7,8)9)32(42)29(22-25)36(10,11)15-16-38(17-18-39)23-30(40)43-14/h18-22,41-42H,15-17,23H2,1-14H3. The molecule has 0 amide bonds. The molecule has 0 unspecified atom stereocenters. The van der Waals surface area contributed by atoms with Crippen molar-refractivity contribution in [1.82, 2.24) is 4.90 Å². The van der Waals surface area contributed by atoms with Crippen LogP contribution in [-0.2, 0) is 36.0 Å². The highest BCUT2D eigenvalue weighted by Crippen LogP contribution is 2.51. The maximum absolute atomic E-state index is 11.9. The van der Waals surface area contributed by atoms with Gasteiger partial charge in [0.25, 0.3) is 0 Å². The molecule has 0 atom stereocenters. The number of phenols is 2. The Morgan fingerprint density at radius 2 is 1.11 bits per heavy atom. The molecule has 0 bridgehead atoms. The summed E-state index contributed by atoms with van der Waals surface area (Å²) in [6.45, 7) is 28.4. The lowest BCUT2D eigenvalue weighted by Gasteiger charge is -2.33. The lowest BCUT2D eigenvalue weighted by atomic mass is 9.77. The van der Waals surface area contributed by atoms with Crippen LogP contribution >= 0.6 is 23.5 Å². The lowest BCUT2D eigenvalue weighted by Crippen LogP contribution is -2.36. The van der Waals surface area contributed by atoms with Gasteiger partial charge < -0.3 is 19.7 Å². The first-order valence-electron chi connectivity index (χ1n) is 15.7. The molecule has 2 rings (SSSR count). The van der Waals surface area contributed by atoms with E-state index in [9.17, 15) is 19.8 Å². The predicted molar refractivity (Wildman–Crippen MR) is 190 cm³/mol. The Hall–Kier alpha value is -2.16. The molecule has 0 aromatic heterocycles. The summed E-state index contributed by atoms with van der Waals surface area (Å²) >= 11 is 3.53. The number of carbonyl (C=O) groups is 2. The number of aldehydes is 1. The molecule has 0 heterocycles. The third-order valence-corrected chi connectivity index (χ3v) is 10.4. The zero-order valence-electron chi connectivity index (χ0n) is 30.1. The molecule has 0 aliphatic rings. The molecule has 0 aliphatic carbocycles. The fraction of sp³-hybridized carbons (Fsp3) is 0.622. The first-order valence-corrected chi connectivity index (χ1v) is 17.3. The smallest absolute Gasteiger partial charge is 0.319 e. The zero-order valence-corrected chi connectivity index (χ0v) is 31.7. The van der Waals surface area contributed by atoms with Gasteiger partial charge in [-0.15, -0.1) is 23.5 Å². The van der Waals surface area contributed by atoms with E-state index in [0.717, 1.165) is 38.3 Å². The first kappa shape index (κ1) is 39.0. The molecular weight excluding hydrogens is 603 g/mol. The second kappa shape index (κ2) is 14.3. The largest absolute Gasteiger partial charge is 0.507 e. The SMILES string of the molecule is COC(=O)CN(CC=O)CCC(C)(C)c1cc(SC(C)(C)Sc2cc(C(C)(C)C)c(O)c(C(C)(C)C)c2)cc(C(C)(C)C)c1O.